The molecule has 2 aliphatic carbocycles. The van der Waals surface area contributed by atoms with Crippen LogP contribution in [0.25, 0.3) is 10.8 Å². The second-order valence-electron chi connectivity index (χ2n) is 7.85. The topological polar surface area (TPSA) is 39.2 Å². The zero-order chi connectivity index (χ0) is 19.1. The number of pyridine rings is 1. The predicted octanol–water partition coefficient (Wildman–Crippen LogP) is 5.29. The molecule has 0 aliphatic heterocycles. The smallest absolute Gasteiger partial charge is 0.309 e. The molecule has 1 atom stereocenters. The molecule has 1 fully saturated rings. The van der Waals surface area contributed by atoms with E-state index in [0.717, 1.165) is 18.6 Å². The van der Waals surface area contributed by atoms with Crippen LogP contribution in [-0.4, -0.2) is 18.1 Å². The Morgan fingerprint density at radius 1 is 1.18 bits per heavy atom. The quantitative estimate of drug-likeness (QED) is 0.439. The van der Waals surface area contributed by atoms with Gasteiger partial charge in [0.1, 0.15) is 0 Å². The number of hydrogen-bond acceptors (Lipinski definition) is 4. The molecule has 142 valence electrons. The van der Waals surface area contributed by atoms with Crippen LogP contribution >= 0.6 is 11.8 Å². The maximum absolute atomic E-state index is 12.2. The number of rotatable bonds is 5. The molecule has 1 aromatic heterocycles. The molecule has 0 radical (unpaired) electrons. The van der Waals surface area contributed by atoms with Crippen LogP contribution in [0.2, 0.25) is 0 Å². The minimum atomic E-state index is -0.101. The summed E-state index contributed by atoms with van der Waals surface area (Å²) in [5.74, 6) is 1.39. The van der Waals surface area contributed by atoms with E-state index in [0.29, 0.717) is 5.92 Å². The Kier molecular flexibility index (Phi) is 4.59. The van der Waals surface area contributed by atoms with Crippen molar-refractivity contribution in [2.45, 2.75) is 42.2 Å². The second kappa shape index (κ2) is 7.25. The summed E-state index contributed by atoms with van der Waals surface area (Å²) in [4.78, 5) is 18.2. The first-order valence-corrected chi connectivity index (χ1v) is 10.9. The second-order valence-corrected chi connectivity index (χ2v) is 8.84. The van der Waals surface area contributed by atoms with Crippen LogP contribution in [0, 0.1) is 5.92 Å². The SMILES string of the molecule is COC(=O)C1Cc2cc3cnc(C4CC4)cc3c(SCc3ccccc3)c2C1. The first-order valence-electron chi connectivity index (χ1n) is 9.92. The van der Waals surface area contributed by atoms with E-state index < -0.39 is 0 Å². The van der Waals surface area contributed by atoms with Gasteiger partial charge in [-0.2, -0.15) is 0 Å². The third-order valence-electron chi connectivity index (χ3n) is 5.86. The van der Waals surface area contributed by atoms with Crippen LogP contribution in [0.4, 0.5) is 0 Å². The van der Waals surface area contributed by atoms with Crippen LogP contribution in [0.1, 0.15) is 41.1 Å². The lowest BCUT2D eigenvalue weighted by Crippen LogP contribution is -2.15. The first-order chi connectivity index (χ1) is 13.7. The van der Waals surface area contributed by atoms with Gasteiger partial charge in [0.2, 0.25) is 0 Å². The van der Waals surface area contributed by atoms with E-state index in [1.54, 1.807) is 0 Å². The van der Waals surface area contributed by atoms with Gasteiger partial charge in [-0.3, -0.25) is 9.78 Å². The van der Waals surface area contributed by atoms with Crippen LogP contribution in [0.3, 0.4) is 0 Å². The van der Waals surface area contributed by atoms with Crippen molar-refractivity contribution >= 4 is 28.5 Å². The number of hydrogen-bond donors (Lipinski definition) is 0. The summed E-state index contributed by atoms with van der Waals surface area (Å²) in [7, 11) is 1.48. The Morgan fingerprint density at radius 3 is 2.75 bits per heavy atom. The first kappa shape index (κ1) is 17.7. The van der Waals surface area contributed by atoms with E-state index in [2.05, 4.69) is 42.5 Å². The monoisotopic (exact) mass is 389 g/mol. The van der Waals surface area contributed by atoms with Gasteiger partial charge in [0.25, 0.3) is 0 Å². The molecule has 0 bridgehead atoms. The summed E-state index contributed by atoms with van der Waals surface area (Å²) in [5.41, 5.74) is 5.14. The molecule has 0 amide bonds. The molecule has 3 nitrogen and oxygen atoms in total. The Morgan fingerprint density at radius 2 is 2.00 bits per heavy atom. The number of ether oxygens (including phenoxy) is 1. The Labute approximate surface area is 169 Å². The number of carbonyl (C=O) groups is 1. The summed E-state index contributed by atoms with van der Waals surface area (Å²) in [6, 6.07) is 15.1. The normalized spacial score (nSPS) is 18.2. The van der Waals surface area contributed by atoms with E-state index in [-0.39, 0.29) is 11.9 Å². The van der Waals surface area contributed by atoms with Gasteiger partial charge in [0, 0.05) is 33.8 Å². The summed E-state index contributed by atoms with van der Waals surface area (Å²) >= 11 is 1.89. The third-order valence-corrected chi connectivity index (χ3v) is 7.10. The van der Waals surface area contributed by atoms with Gasteiger partial charge in [-0.1, -0.05) is 30.3 Å². The highest BCUT2D eigenvalue weighted by molar-refractivity contribution is 7.98. The van der Waals surface area contributed by atoms with Crippen LogP contribution in [0.15, 0.2) is 53.6 Å². The molecular formula is C24H23NO2S. The van der Waals surface area contributed by atoms with Gasteiger partial charge in [-0.15, -0.1) is 11.8 Å². The predicted molar refractivity (Wildman–Crippen MR) is 113 cm³/mol. The molecule has 1 unspecified atom stereocenters. The van der Waals surface area contributed by atoms with E-state index in [9.17, 15) is 4.79 Å². The molecule has 1 heterocycles. The van der Waals surface area contributed by atoms with Crippen molar-refractivity contribution in [2.75, 3.05) is 7.11 Å². The van der Waals surface area contributed by atoms with Crippen molar-refractivity contribution in [3.63, 3.8) is 0 Å². The van der Waals surface area contributed by atoms with E-state index in [4.69, 9.17) is 9.72 Å². The Hall–Kier alpha value is -2.33. The minimum absolute atomic E-state index is 0.0660. The molecule has 0 N–H and O–H groups in total. The fraction of sp³-hybridized carbons (Fsp3) is 0.333. The van der Waals surface area contributed by atoms with Gasteiger partial charge in [0.15, 0.2) is 0 Å². The molecule has 1 saturated carbocycles. The van der Waals surface area contributed by atoms with E-state index in [1.807, 2.05) is 18.0 Å². The standard InChI is InChI=1S/C24H23NO2S/c1-27-24(26)18-9-17-10-19-13-25-22(16-7-8-16)12-21(19)23(20(17)11-18)28-14-15-5-3-2-4-6-15/h2-6,10,12-13,16,18H,7-9,11,14H2,1H3. The minimum Gasteiger partial charge on any atom is -0.469 e. The van der Waals surface area contributed by atoms with Crippen molar-refractivity contribution in [2.24, 2.45) is 5.92 Å². The molecule has 0 spiro atoms. The fourth-order valence-electron chi connectivity index (χ4n) is 4.20. The summed E-state index contributed by atoms with van der Waals surface area (Å²) in [5, 5.41) is 2.48. The van der Waals surface area contributed by atoms with Crippen molar-refractivity contribution in [1.82, 2.24) is 4.98 Å². The van der Waals surface area contributed by atoms with Crippen molar-refractivity contribution in [3.05, 3.63) is 71.0 Å². The lowest BCUT2D eigenvalue weighted by molar-refractivity contribution is -0.145. The Balaban J connectivity index is 1.57. The lowest BCUT2D eigenvalue weighted by atomic mass is 10.0. The number of benzene rings is 2. The van der Waals surface area contributed by atoms with Gasteiger partial charge < -0.3 is 4.74 Å². The summed E-state index contributed by atoms with van der Waals surface area (Å²) in [6.07, 6.45) is 6.07. The maximum Gasteiger partial charge on any atom is 0.309 e. The van der Waals surface area contributed by atoms with Crippen molar-refractivity contribution in [3.8, 4) is 0 Å². The van der Waals surface area contributed by atoms with Gasteiger partial charge in [-0.25, -0.2) is 0 Å². The number of fused-ring (bicyclic) bond motifs is 2. The number of nitrogens with zero attached hydrogens (tertiary/aromatic N) is 1. The molecular weight excluding hydrogens is 366 g/mol. The van der Waals surface area contributed by atoms with Crippen LogP contribution in [0.5, 0.6) is 0 Å². The molecule has 3 aromatic rings. The zero-order valence-electron chi connectivity index (χ0n) is 16.0. The summed E-state index contributed by atoms with van der Waals surface area (Å²) in [6.45, 7) is 0. The average Bonchev–Trinajstić information content (AvgIpc) is 3.50. The zero-order valence-corrected chi connectivity index (χ0v) is 16.8. The number of thioether (sulfide) groups is 1. The molecule has 2 aromatic carbocycles. The molecule has 2 aliphatic rings. The molecule has 28 heavy (non-hydrogen) atoms. The third kappa shape index (κ3) is 3.30. The molecule has 4 heteroatoms. The molecule has 5 rings (SSSR count). The maximum atomic E-state index is 12.2. The molecule has 0 saturated heterocycles. The van der Waals surface area contributed by atoms with Crippen molar-refractivity contribution < 1.29 is 9.53 Å². The largest absolute Gasteiger partial charge is 0.469 e. The number of aromatic nitrogens is 1. The van der Waals surface area contributed by atoms with Gasteiger partial charge >= 0.3 is 5.97 Å². The fourth-order valence-corrected chi connectivity index (χ4v) is 5.42. The van der Waals surface area contributed by atoms with Crippen molar-refractivity contribution in [1.29, 1.82) is 0 Å². The van der Waals surface area contributed by atoms with E-state index in [1.165, 1.54) is 58.0 Å². The number of esters is 1. The highest BCUT2D eigenvalue weighted by Crippen LogP contribution is 2.44. The Bertz CT molecular complexity index is 1040. The van der Waals surface area contributed by atoms with E-state index >= 15 is 0 Å². The van der Waals surface area contributed by atoms with Crippen LogP contribution < -0.4 is 0 Å². The average molecular weight is 390 g/mol. The highest BCUT2D eigenvalue weighted by atomic mass is 32.2. The van der Waals surface area contributed by atoms with Gasteiger partial charge in [0.05, 0.1) is 13.0 Å². The lowest BCUT2D eigenvalue weighted by Gasteiger charge is -2.14. The number of carbonyl (C=O) groups excluding carboxylic acids is 1. The van der Waals surface area contributed by atoms with Gasteiger partial charge in [-0.05, 0) is 59.9 Å². The number of methoxy groups -OCH3 is 1. The van der Waals surface area contributed by atoms with Crippen LogP contribution in [-0.2, 0) is 28.1 Å². The highest BCUT2D eigenvalue weighted by Gasteiger charge is 2.32. The summed E-state index contributed by atoms with van der Waals surface area (Å²) < 4.78 is 5.03.